The van der Waals surface area contributed by atoms with Gasteiger partial charge in [-0.25, -0.2) is 9.37 Å². The van der Waals surface area contributed by atoms with Gasteiger partial charge in [0.25, 0.3) is 0 Å². The number of imidazole rings is 1. The third kappa shape index (κ3) is 3.72. The topological polar surface area (TPSA) is 84.4 Å². The molecule has 1 aliphatic heterocycles. The predicted molar refractivity (Wildman–Crippen MR) is 90.8 cm³/mol. The second kappa shape index (κ2) is 7.33. The number of primary amides is 1. The largest absolute Gasteiger partial charge is 0.385 e. The second-order valence-electron chi connectivity index (χ2n) is 6.57. The predicted octanol–water partition coefficient (Wildman–Crippen LogP) is 1.53. The zero-order chi connectivity index (χ0) is 18.0. The normalized spacial score (nSPS) is 18.8. The van der Waals surface area contributed by atoms with Crippen molar-refractivity contribution in [1.29, 1.82) is 0 Å². The molecule has 0 bridgehead atoms. The minimum absolute atomic E-state index is 0.0825. The van der Waals surface area contributed by atoms with Gasteiger partial charge in [-0.15, -0.1) is 0 Å². The van der Waals surface area contributed by atoms with Crippen LogP contribution in [0, 0.1) is 11.7 Å². The molecule has 0 aliphatic carbocycles. The van der Waals surface area contributed by atoms with E-state index < -0.39 is 18.1 Å². The Morgan fingerprint density at radius 1 is 1.32 bits per heavy atom. The van der Waals surface area contributed by atoms with Crippen LogP contribution < -0.4 is 5.73 Å². The molecule has 2 heterocycles. The Hall–Kier alpha value is -2.25. The molecule has 1 aliphatic rings. The summed E-state index contributed by atoms with van der Waals surface area (Å²) >= 11 is 0. The monoisotopic (exact) mass is 346 g/mol. The summed E-state index contributed by atoms with van der Waals surface area (Å²) in [5, 5.41) is 10.6. The number of aliphatic hydroxyl groups excluding tert-OH is 1. The number of likely N-dealkylation sites (tertiary alicyclic amines) is 1. The van der Waals surface area contributed by atoms with E-state index in [9.17, 15) is 14.3 Å². The number of aryl methyl sites for hydroxylation is 1. The first-order chi connectivity index (χ1) is 12.0. The van der Waals surface area contributed by atoms with E-state index in [4.69, 9.17) is 5.73 Å². The Balaban J connectivity index is 1.68. The van der Waals surface area contributed by atoms with Crippen LogP contribution in [0.25, 0.3) is 0 Å². The lowest BCUT2D eigenvalue weighted by atomic mass is 9.89. The smallest absolute Gasteiger partial charge is 0.239 e. The van der Waals surface area contributed by atoms with Crippen molar-refractivity contribution >= 4 is 5.91 Å². The van der Waals surface area contributed by atoms with Gasteiger partial charge in [-0.05, 0) is 49.5 Å². The molecule has 2 unspecified atom stereocenters. The van der Waals surface area contributed by atoms with Gasteiger partial charge in [0.1, 0.15) is 23.8 Å². The van der Waals surface area contributed by atoms with E-state index in [1.165, 1.54) is 12.1 Å². The van der Waals surface area contributed by atoms with Crippen molar-refractivity contribution in [2.24, 2.45) is 18.7 Å². The lowest BCUT2D eigenvalue weighted by Gasteiger charge is -2.37. The number of piperidine rings is 1. The molecule has 2 aromatic rings. The van der Waals surface area contributed by atoms with Gasteiger partial charge in [-0.1, -0.05) is 12.1 Å². The number of nitrogens with zero attached hydrogens (tertiary/aromatic N) is 3. The van der Waals surface area contributed by atoms with E-state index in [2.05, 4.69) is 4.98 Å². The summed E-state index contributed by atoms with van der Waals surface area (Å²) in [6.07, 6.45) is 4.33. The maximum absolute atomic E-state index is 13.1. The Morgan fingerprint density at radius 3 is 2.48 bits per heavy atom. The van der Waals surface area contributed by atoms with Crippen LogP contribution in [0.15, 0.2) is 36.7 Å². The van der Waals surface area contributed by atoms with Gasteiger partial charge in [0, 0.05) is 19.4 Å². The first kappa shape index (κ1) is 17.6. The number of amides is 1. The first-order valence-electron chi connectivity index (χ1n) is 8.41. The van der Waals surface area contributed by atoms with Crippen LogP contribution in [0.3, 0.4) is 0 Å². The van der Waals surface area contributed by atoms with Gasteiger partial charge >= 0.3 is 0 Å². The van der Waals surface area contributed by atoms with E-state index in [1.807, 2.05) is 22.7 Å². The van der Waals surface area contributed by atoms with Crippen molar-refractivity contribution in [3.05, 3.63) is 53.9 Å². The molecule has 3 N–H and O–H groups in total. The van der Waals surface area contributed by atoms with Crippen LogP contribution >= 0.6 is 0 Å². The highest BCUT2D eigenvalue weighted by Crippen LogP contribution is 2.33. The van der Waals surface area contributed by atoms with Gasteiger partial charge in [0.15, 0.2) is 0 Å². The first-order valence-corrected chi connectivity index (χ1v) is 8.41. The fraction of sp³-hybridized carbons (Fsp3) is 0.444. The van der Waals surface area contributed by atoms with Gasteiger partial charge in [-0.2, -0.15) is 0 Å². The van der Waals surface area contributed by atoms with Crippen LogP contribution in [0.4, 0.5) is 4.39 Å². The maximum Gasteiger partial charge on any atom is 0.239 e. The molecule has 1 aromatic heterocycles. The van der Waals surface area contributed by atoms with E-state index in [0.717, 1.165) is 12.8 Å². The summed E-state index contributed by atoms with van der Waals surface area (Å²) in [4.78, 5) is 18.2. The fourth-order valence-corrected chi connectivity index (χ4v) is 3.57. The number of hydrogen-bond acceptors (Lipinski definition) is 4. The van der Waals surface area contributed by atoms with Crippen LogP contribution in [0.5, 0.6) is 0 Å². The number of halogens is 1. The van der Waals surface area contributed by atoms with Crippen molar-refractivity contribution in [2.75, 3.05) is 13.1 Å². The lowest BCUT2D eigenvalue weighted by Crippen LogP contribution is -2.43. The lowest BCUT2D eigenvalue weighted by molar-refractivity contribution is -0.124. The average molecular weight is 346 g/mol. The van der Waals surface area contributed by atoms with Crippen molar-refractivity contribution in [3.8, 4) is 0 Å². The number of benzene rings is 1. The summed E-state index contributed by atoms with van der Waals surface area (Å²) in [7, 11) is 1.86. The SMILES string of the molecule is Cn1ccnc1C(O)C1CCN(C(C(N)=O)c2ccc(F)cc2)CC1. The Morgan fingerprint density at radius 2 is 1.96 bits per heavy atom. The number of hydrogen-bond donors (Lipinski definition) is 2. The van der Waals surface area contributed by atoms with E-state index in [0.29, 0.717) is 24.5 Å². The molecule has 1 aromatic carbocycles. The maximum atomic E-state index is 13.1. The summed E-state index contributed by atoms with van der Waals surface area (Å²) in [5.74, 6) is -0.0545. The van der Waals surface area contributed by atoms with Crippen LogP contribution in [-0.2, 0) is 11.8 Å². The molecular formula is C18H23FN4O2. The van der Waals surface area contributed by atoms with Crippen molar-refractivity contribution in [1.82, 2.24) is 14.5 Å². The summed E-state index contributed by atoms with van der Waals surface area (Å²) in [6, 6.07) is 5.29. The summed E-state index contributed by atoms with van der Waals surface area (Å²) in [6.45, 7) is 1.27. The van der Waals surface area contributed by atoms with Crippen LogP contribution in [0.1, 0.15) is 36.4 Å². The summed E-state index contributed by atoms with van der Waals surface area (Å²) in [5.41, 5.74) is 6.28. The fourth-order valence-electron chi connectivity index (χ4n) is 3.57. The quantitative estimate of drug-likeness (QED) is 0.860. The van der Waals surface area contributed by atoms with Crippen LogP contribution in [0.2, 0.25) is 0 Å². The van der Waals surface area contributed by atoms with Gasteiger partial charge in [0.2, 0.25) is 5.91 Å². The number of aromatic nitrogens is 2. The molecule has 2 atom stereocenters. The molecule has 3 rings (SSSR count). The molecular weight excluding hydrogens is 323 g/mol. The highest BCUT2D eigenvalue weighted by atomic mass is 19.1. The van der Waals surface area contributed by atoms with Gasteiger partial charge in [0.05, 0.1) is 0 Å². The molecule has 0 spiro atoms. The number of rotatable bonds is 5. The van der Waals surface area contributed by atoms with Crippen molar-refractivity contribution in [2.45, 2.75) is 25.0 Å². The van der Waals surface area contributed by atoms with Crippen molar-refractivity contribution in [3.63, 3.8) is 0 Å². The van der Waals surface area contributed by atoms with Gasteiger partial charge < -0.3 is 15.4 Å². The molecule has 0 saturated carbocycles. The zero-order valence-electron chi connectivity index (χ0n) is 14.2. The number of carbonyl (C=O) groups excluding carboxylic acids is 1. The standard InChI is InChI=1S/C18H23FN4O2/c1-22-11-8-21-18(22)16(24)13-6-9-23(10-7-13)15(17(20)25)12-2-4-14(19)5-3-12/h2-5,8,11,13,15-16,24H,6-7,9-10H2,1H3,(H2,20,25). The summed E-state index contributed by atoms with van der Waals surface area (Å²) < 4.78 is 15.0. The zero-order valence-corrected chi connectivity index (χ0v) is 14.2. The van der Waals surface area contributed by atoms with E-state index >= 15 is 0 Å². The number of carbonyl (C=O) groups is 1. The Bertz CT molecular complexity index is 723. The second-order valence-corrected chi connectivity index (χ2v) is 6.57. The molecule has 1 amide bonds. The molecule has 25 heavy (non-hydrogen) atoms. The van der Waals surface area contributed by atoms with E-state index in [-0.39, 0.29) is 11.7 Å². The molecule has 0 radical (unpaired) electrons. The third-order valence-electron chi connectivity index (χ3n) is 4.96. The van der Waals surface area contributed by atoms with Crippen molar-refractivity contribution < 1.29 is 14.3 Å². The minimum Gasteiger partial charge on any atom is -0.385 e. The molecule has 1 saturated heterocycles. The molecule has 134 valence electrons. The Kier molecular flexibility index (Phi) is 5.15. The third-order valence-corrected chi connectivity index (χ3v) is 4.96. The minimum atomic E-state index is -0.625. The average Bonchev–Trinajstić information content (AvgIpc) is 3.02. The van der Waals surface area contributed by atoms with E-state index in [1.54, 1.807) is 18.3 Å². The molecule has 7 heteroatoms. The van der Waals surface area contributed by atoms with Crippen LogP contribution in [-0.4, -0.2) is 38.6 Å². The number of aliphatic hydroxyl groups is 1. The highest BCUT2D eigenvalue weighted by molar-refractivity contribution is 5.81. The highest BCUT2D eigenvalue weighted by Gasteiger charge is 2.33. The Labute approximate surface area is 146 Å². The molecule has 6 nitrogen and oxygen atoms in total. The number of nitrogens with two attached hydrogens (primary N) is 1. The molecule has 1 fully saturated rings. The van der Waals surface area contributed by atoms with Gasteiger partial charge in [-0.3, -0.25) is 9.69 Å².